The van der Waals surface area contributed by atoms with Crippen molar-refractivity contribution in [2.75, 3.05) is 5.32 Å². The number of hydrogen-bond donors (Lipinski definition) is 1. The monoisotopic (exact) mass is 273 g/mol. The molecule has 0 aromatic carbocycles. The Morgan fingerprint density at radius 2 is 2.21 bits per heavy atom. The van der Waals surface area contributed by atoms with Crippen LogP contribution in [0.25, 0.3) is 11.0 Å². The van der Waals surface area contributed by atoms with Crippen molar-refractivity contribution in [3.63, 3.8) is 0 Å². The van der Waals surface area contributed by atoms with Crippen LogP contribution in [0.4, 0.5) is 5.69 Å². The van der Waals surface area contributed by atoms with Crippen LogP contribution in [0.1, 0.15) is 24.9 Å². The molecular weight excluding hydrogens is 258 g/mol. The van der Waals surface area contributed by atoms with Crippen LogP contribution in [-0.4, -0.2) is 19.7 Å². The van der Waals surface area contributed by atoms with Crippen molar-refractivity contribution in [1.29, 1.82) is 0 Å². The van der Waals surface area contributed by atoms with Crippen LogP contribution in [0.3, 0.4) is 0 Å². The number of hydrogen-bond acceptors (Lipinski definition) is 5. The van der Waals surface area contributed by atoms with Gasteiger partial charge in [-0.2, -0.15) is 5.10 Å². The zero-order valence-electron chi connectivity index (χ0n) is 10.9. The number of aromatic nitrogens is 4. The average molecular weight is 273 g/mol. The third kappa shape index (κ3) is 2.44. The summed E-state index contributed by atoms with van der Waals surface area (Å²) in [5.74, 6) is 0. The molecule has 0 unspecified atom stereocenters. The number of nitrogens with zero attached hydrogens (tertiary/aromatic N) is 4. The minimum Gasteiger partial charge on any atom is -0.377 e. The van der Waals surface area contributed by atoms with Crippen LogP contribution in [0.2, 0.25) is 0 Å². The molecule has 0 bridgehead atoms. The van der Waals surface area contributed by atoms with Gasteiger partial charge < -0.3 is 5.32 Å². The fourth-order valence-electron chi connectivity index (χ4n) is 1.93. The summed E-state index contributed by atoms with van der Waals surface area (Å²) < 4.78 is 1.93. The minimum atomic E-state index is 0.319. The van der Waals surface area contributed by atoms with Gasteiger partial charge in [-0.1, -0.05) is 0 Å². The maximum absolute atomic E-state index is 4.48. The standard InChI is InChI=1S/C13H15N5S/c1-9(2)18-13-10(6-17-18)5-11(7-16-13)15-8-12-14-3-4-19-12/h3-7,9,15H,8H2,1-2H3. The van der Waals surface area contributed by atoms with E-state index in [0.29, 0.717) is 6.04 Å². The molecule has 0 saturated heterocycles. The Kier molecular flexibility index (Phi) is 3.16. The molecule has 3 aromatic rings. The largest absolute Gasteiger partial charge is 0.377 e. The second-order valence-corrected chi connectivity index (χ2v) is 5.58. The topological polar surface area (TPSA) is 55.6 Å². The van der Waals surface area contributed by atoms with Crippen molar-refractivity contribution in [2.24, 2.45) is 0 Å². The summed E-state index contributed by atoms with van der Waals surface area (Å²) in [5, 5.41) is 11.8. The van der Waals surface area contributed by atoms with Gasteiger partial charge in [-0.05, 0) is 19.9 Å². The molecule has 0 amide bonds. The van der Waals surface area contributed by atoms with E-state index in [-0.39, 0.29) is 0 Å². The molecule has 1 N–H and O–H groups in total. The molecule has 0 aliphatic carbocycles. The van der Waals surface area contributed by atoms with Crippen LogP contribution >= 0.6 is 11.3 Å². The number of thiazole rings is 1. The molecule has 0 aliphatic rings. The fraction of sp³-hybridized carbons (Fsp3) is 0.308. The van der Waals surface area contributed by atoms with Crippen molar-refractivity contribution in [1.82, 2.24) is 19.7 Å². The van der Waals surface area contributed by atoms with Crippen molar-refractivity contribution in [2.45, 2.75) is 26.4 Å². The van der Waals surface area contributed by atoms with Crippen LogP contribution in [0.5, 0.6) is 0 Å². The lowest BCUT2D eigenvalue weighted by Gasteiger charge is -2.07. The highest BCUT2D eigenvalue weighted by Gasteiger charge is 2.07. The van der Waals surface area contributed by atoms with Gasteiger partial charge in [0.25, 0.3) is 0 Å². The Balaban J connectivity index is 1.82. The van der Waals surface area contributed by atoms with Gasteiger partial charge in [0.05, 0.1) is 24.6 Å². The summed E-state index contributed by atoms with van der Waals surface area (Å²) in [5.41, 5.74) is 1.92. The summed E-state index contributed by atoms with van der Waals surface area (Å²) in [6.45, 7) is 4.93. The minimum absolute atomic E-state index is 0.319. The van der Waals surface area contributed by atoms with Gasteiger partial charge >= 0.3 is 0 Å². The molecule has 5 nitrogen and oxygen atoms in total. The first-order valence-electron chi connectivity index (χ1n) is 6.19. The zero-order valence-corrected chi connectivity index (χ0v) is 11.7. The SMILES string of the molecule is CC(C)n1ncc2cc(NCc3nccs3)cnc21. The Labute approximate surface area is 115 Å². The second kappa shape index (κ2) is 4.97. The van der Waals surface area contributed by atoms with Crippen molar-refractivity contribution >= 4 is 28.1 Å². The normalized spacial score (nSPS) is 11.3. The van der Waals surface area contributed by atoms with Crippen molar-refractivity contribution in [3.05, 3.63) is 35.0 Å². The van der Waals surface area contributed by atoms with E-state index in [9.17, 15) is 0 Å². The van der Waals surface area contributed by atoms with E-state index in [4.69, 9.17) is 0 Å². The number of rotatable bonds is 4. The van der Waals surface area contributed by atoms with E-state index >= 15 is 0 Å². The number of nitrogens with one attached hydrogen (secondary N) is 1. The summed E-state index contributed by atoms with van der Waals surface area (Å²) in [4.78, 5) is 8.72. The Hall–Kier alpha value is -1.95. The Morgan fingerprint density at radius 3 is 2.95 bits per heavy atom. The molecule has 0 aliphatic heterocycles. The molecule has 0 fully saturated rings. The lowest BCUT2D eigenvalue weighted by Crippen LogP contribution is -2.04. The third-order valence-electron chi connectivity index (χ3n) is 2.85. The van der Waals surface area contributed by atoms with Gasteiger partial charge in [-0.3, -0.25) is 0 Å². The molecule has 0 spiro atoms. The molecule has 6 heteroatoms. The maximum atomic E-state index is 4.48. The highest BCUT2D eigenvalue weighted by molar-refractivity contribution is 7.09. The quantitative estimate of drug-likeness (QED) is 0.793. The molecule has 0 radical (unpaired) electrons. The van der Waals surface area contributed by atoms with E-state index in [1.54, 1.807) is 11.3 Å². The first kappa shape index (κ1) is 12.1. The van der Waals surface area contributed by atoms with E-state index in [0.717, 1.165) is 28.3 Å². The molecule has 3 heterocycles. The number of anilines is 1. The van der Waals surface area contributed by atoms with Crippen molar-refractivity contribution in [3.8, 4) is 0 Å². The molecule has 0 atom stereocenters. The molecular formula is C13H15N5S. The number of fused-ring (bicyclic) bond motifs is 1. The molecule has 0 saturated carbocycles. The van der Waals surface area contributed by atoms with Gasteiger partial charge in [0.15, 0.2) is 5.65 Å². The third-order valence-corrected chi connectivity index (χ3v) is 3.63. The summed E-state index contributed by atoms with van der Waals surface area (Å²) in [6.07, 6.45) is 5.52. The van der Waals surface area contributed by atoms with Crippen LogP contribution < -0.4 is 5.32 Å². The van der Waals surface area contributed by atoms with Crippen LogP contribution in [0.15, 0.2) is 30.0 Å². The average Bonchev–Trinajstić information content (AvgIpc) is 3.05. The fourth-order valence-corrected chi connectivity index (χ4v) is 2.49. The van der Waals surface area contributed by atoms with E-state index in [1.807, 2.05) is 28.7 Å². The molecule has 3 aromatic heterocycles. The highest BCUT2D eigenvalue weighted by atomic mass is 32.1. The predicted molar refractivity (Wildman–Crippen MR) is 77.4 cm³/mol. The predicted octanol–water partition coefficient (Wildman–Crippen LogP) is 3.08. The number of pyridine rings is 1. The van der Waals surface area contributed by atoms with Gasteiger partial charge in [-0.15, -0.1) is 11.3 Å². The van der Waals surface area contributed by atoms with E-state index < -0.39 is 0 Å². The smallest absolute Gasteiger partial charge is 0.158 e. The van der Waals surface area contributed by atoms with Gasteiger partial charge in [0.2, 0.25) is 0 Å². The van der Waals surface area contributed by atoms with Crippen LogP contribution in [-0.2, 0) is 6.54 Å². The Bertz CT molecular complexity index is 671. The van der Waals surface area contributed by atoms with E-state index in [1.165, 1.54) is 0 Å². The first-order chi connectivity index (χ1) is 9.24. The van der Waals surface area contributed by atoms with Crippen LogP contribution in [0, 0.1) is 0 Å². The lowest BCUT2D eigenvalue weighted by molar-refractivity contribution is 0.546. The molecule has 19 heavy (non-hydrogen) atoms. The molecule has 98 valence electrons. The van der Waals surface area contributed by atoms with Gasteiger partial charge in [-0.25, -0.2) is 14.6 Å². The first-order valence-corrected chi connectivity index (χ1v) is 7.07. The van der Waals surface area contributed by atoms with Gasteiger partial charge in [0, 0.05) is 23.0 Å². The highest BCUT2D eigenvalue weighted by Crippen LogP contribution is 2.19. The zero-order chi connectivity index (χ0) is 13.2. The van der Waals surface area contributed by atoms with E-state index in [2.05, 4.69) is 40.3 Å². The lowest BCUT2D eigenvalue weighted by atomic mass is 10.3. The maximum Gasteiger partial charge on any atom is 0.158 e. The summed E-state index contributed by atoms with van der Waals surface area (Å²) in [7, 11) is 0. The summed E-state index contributed by atoms with van der Waals surface area (Å²) in [6, 6.07) is 2.39. The molecule has 3 rings (SSSR count). The second-order valence-electron chi connectivity index (χ2n) is 4.60. The van der Waals surface area contributed by atoms with Gasteiger partial charge in [0.1, 0.15) is 5.01 Å². The summed E-state index contributed by atoms with van der Waals surface area (Å²) >= 11 is 1.64. The van der Waals surface area contributed by atoms with Crippen molar-refractivity contribution < 1.29 is 0 Å². The Morgan fingerprint density at radius 1 is 1.32 bits per heavy atom.